The molecule has 2 aromatic carbocycles. The van der Waals surface area contributed by atoms with Crippen molar-refractivity contribution in [2.75, 3.05) is 13.2 Å². The van der Waals surface area contributed by atoms with E-state index >= 15 is 0 Å². The van der Waals surface area contributed by atoms with E-state index in [1.54, 1.807) is 0 Å². The first-order valence-electron chi connectivity index (χ1n) is 8.63. The minimum absolute atomic E-state index is 0.553. The second-order valence-corrected chi connectivity index (χ2v) is 5.46. The molecule has 0 spiro atoms. The van der Waals surface area contributed by atoms with Crippen LogP contribution in [0, 0.1) is 0 Å². The molecule has 4 heteroatoms. The van der Waals surface area contributed by atoms with Gasteiger partial charge < -0.3 is 9.47 Å². The molecule has 130 valence electrons. The van der Waals surface area contributed by atoms with Crippen molar-refractivity contribution in [1.82, 2.24) is 0 Å². The van der Waals surface area contributed by atoms with Crippen LogP contribution in [0.5, 0.6) is 23.0 Å². The number of unbranched alkanes of at least 4 members (excludes halogenated alkanes) is 2. The molecular formula is C20H26O4. The third-order valence-corrected chi connectivity index (χ3v) is 3.43. The van der Waals surface area contributed by atoms with Crippen LogP contribution in [-0.2, 0) is 0 Å². The van der Waals surface area contributed by atoms with Gasteiger partial charge in [0.25, 0.3) is 0 Å². The lowest BCUT2D eigenvalue weighted by Crippen LogP contribution is -2.06. The van der Waals surface area contributed by atoms with Gasteiger partial charge in [0.1, 0.15) is 0 Å². The summed E-state index contributed by atoms with van der Waals surface area (Å²) in [6.07, 6.45) is 4.18. The first kappa shape index (κ1) is 18.0. The molecule has 0 N–H and O–H groups in total. The van der Waals surface area contributed by atoms with Gasteiger partial charge in [-0.3, -0.25) is 9.78 Å². The van der Waals surface area contributed by atoms with E-state index in [2.05, 4.69) is 13.8 Å². The molecule has 0 saturated heterocycles. The van der Waals surface area contributed by atoms with Crippen molar-refractivity contribution < 1.29 is 19.2 Å². The molecule has 0 saturated carbocycles. The predicted octanol–water partition coefficient (Wildman–Crippen LogP) is 5.42. The highest BCUT2D eigenvalue weighted by atomic mass is 17.2. The van der Waals surface area contributed by atoms with Crippen LogP contribution < -0.4 is 19.2 Å². The lowest BCUT2D eigenvalue weighted by Gasteiger charge is -2.13. The Hall–Kier alpha value is -2.36. The SMILES string of the molecule is CCCCOc1ccccc1OOc1ccccc1OCCCC. The van der Waals surface area contributed by atoms with Crippen LogP contribution >= 0.6 is 0 Å². The van der Waals surface area contributed by atoms with Crippen molar-refractivity contribution in [2.24, 2.45) is 0 Å². The van der Waals surface area contributed by atoms with Crippen LogP contribution in [0.25, 0.3) is 0 Å². The summed E-state index contributed by atoms with van der Waals surface area (Å²) in [4.78, 5) is 11.0. The number of ether oxygens (including phenoxy) is 2. The Labute approximate surface area is 144 Å². The summed E-state index contributed by atoms with van der Waals surface area (Å²) in [5, 5.41) is 0. The van der Waals surface area contributed by atoms with E-state index in [9.17, 15) is 0 Å². The Morgan fingerprint density at radius 2 is 0.958 bits per heavy atom. The van der Waals surface area contributed by atoms with E-state index in [1.165, 1.54) is 0 Å². The average molecular weight is 330 g/mol. The van der Waals surface area contributed by atoms with Gasteiger partial charge in [0.05, 0.1) is 13.2 Å². The maximum Gasteiger partial charge on any atom is 0.220 e. The minimum Gasteiger partial charge on any atom is -0.489 e. The van der Waals surface area contributed by atoms with Gasteiger partial charge in [-0.15, -0.1) is 0 Å². The second kappa shape index (κ2) is 10.4. The zero-order valence-electron chi connectivity index (χ0n) is 14.5. The Balaban J connectivity index is 1.98. The normalized spacial score (nSPS) is 10.2. The summed E-state index contributed by atoms with van der Waals surface area (Å²) in [5.41, 5.74) is 0. The molecule has 0 atom stereocenters. The van der Waals surface area contributed by atoms with Gasteiger partial charge >= 0.3 is 0 Å². The maximum atomic E-state index is 5.74. The molecule has 0 heterocycles. The summed E-state index contributed by atoms with van der Waals surface area (Å²) in [5.74, 6) is 2.46. The molecule has 0 amide bonds. The van der Waals surface area contributed by atoms with Crippen molar-refractivity contribution in [2.45, 2.75) is 39.5 Å². The largest absolute Gasteiger partial charge is 0.489 e. The van der Waals surface area contributed by atoms with E-state index in [0.29, 0.717) is 36.2 Å². The smallest absolute Gasteiger partial charge is 0.220 e. The van der Waals surface area contributed by atoms with Crippen LogP contribution in [0.3, 0.4) is 0 Å². The Morgan fingerprint density at radius 1 is 0.583 bits per heavy atom. The molecule has 0 aliphatic rings. The molecule has 0 unspecified atom stereocenters. The molecule has 0 aliphatic heterocycles. The van der Waals surface area contributed by atoms with Crippen molar-refractivity contribution >= 4 is 0 Å². The van der Waals surface area contributed by atoms with Gasteiger partial charge in [0.2, 0.25) is 11.5 Å². The fraction of sp³-hybridized carbons (Fsp3) is 0.400. The highest BCUT2D eigenvalue weighted by Crippen LogP contribution is 2.31. The minimum atomic E-state index is 0.553. The van der Waals surface area contributed by atoms with Gasteiger partial charge in [0.15, 0.2) is 11.5 Å². The molecule has 0 fully saturated rings. The van der Waals surface area contributed by atoms with Crippen molar-refractivity contribution in [3.8, 4) is 23.0 Å². The summed E-state index contributed by atoms with van der Waals surface area (Å²) in [6, 6.07) is 15.0. The first-order valence-corrected chi connectivity index (χ1v) is 8.63. The highest BCUT2D eigenvalue weighted by molar-refractivity contribution is 5.41. The predicted molar refractivity (Wildman–Crippen MR) is 94.9 cm³/mol. The summed E-state index contributed by atoms with van der Waals surface area (Å²) >= 11 is 0. The van der Waals surface area contributed by atoms with Crippen LogP contribution in [0.2, 0.25) is 0 Å². The van der Waals surface area contributed by atoms with E-state index in [1.807, 2.05) is 48.5 Å². The van der Waals surface area contributed by atoms with E-state index in [0.717, 1.165) is 25.7 Å². The zero-order valence-corrected chi connectivity index (χ0v) is 14.5. The zero-order chi connectivity index (χ0) is 17.0. The number of rotatable bonds is 11. The lowest BCUT2D eigenvalue weighted by molar-refractivity contribution is -0.104. The van der Waals surface area contributed by atoms with E-state index in [-0.39, 0.29) is 0 Å². The molecule has 0 aromatic heterocycles. The van der Waals surface area contributed by atoms with Crippen molar-refractivity contribution in [3.05, 3.63) is 48.5 Å². The van der Waals surface area contributed by atoms with Gasteiger partial charge in [-0.2, -0.15) is 0 Å². The maximum absolute atomic E-state index is 5.74. The van der Waals surface area contributed by atoms with Crippen LogP contribution in [0.15, 0.2) is 48.5 Å². The number of benzene rings is 2. The Morgan fingerprint density at radius 3 is 1.33 bits per heavy atom. The topological polar surface area (TPSA) is 36.9 Å². The van der Waals surface area contributed by atoms with Gasteiger partial charge in [-0.25, -0.2) is 0 Å². The fourth-order valence-electron chi connectivity index (χ4n) is 2.02. The van der Waals surface area contributed by atoms with Crippen molar-refractivity contribution in [1.29, 1.82) is 0 Å². The lowest BCUT2D eigenvalue weighted by atomic mass is 10.3. The van der Waals surface area contributed by atoms with Crippen molar-refractivity contribution in [3.63, 3.8) is 0 Å². The third kappa shape index (κ3) is 5.69. The third-order valence-electron chi connectivity index (χ3n) is 3.43. The van der Waals surface area contributed by atoms with Crippen LogP contribution in [-0.4, -0.2) is 13.2 Å². The molecule has 0 radical (unpaired) electrons. The van der Waals surface area contributed by atoms with Gasteiger partial charge in [0, 0.05) is 0 Å². The van der Waals surface area contributed by atoms with Gasteiger partial charge in [-0.05, 0) is 37.1 Å². The Kier molecular flexibility index (Phi) is 7.81. The van der Waals surface area contributed by atoms with Crippen LogP contribution in [0.1, 0.15) is 39.5 Å². The fourth-order valence-corrected chi connectivity index (χ4v) is 2.02. The molecule has 2 rings (SSSR count). The van der Waals surface area contributed by atoms with Crippen LogP contribution in [0.4, 0.5) is 0 Å². The van der Waals surface area contributed by atoms with E-state index in [4.69, 9.17) is 19.2 Å². The monoisotopic (exact) mass is 330 g/mol. The Bertz CT molecular complexity index is 544. The number of hydrogen-bond acceptors (Lipinski definition) is 4. The first-order chi connectivity index (χ1) is 11.8. The summed E-state index contributed by atoms with van der Waals surface area (Å²) < 4.78 is 11.5. The standard InChI is InChI=1S/C20H26O4/c1-3-5-15-21-17-11-7-9-13-19(17)23-24-20-14-10-8-12-18(20)22-16-6-4-2/h7-14H,3-6,15-16H2,1-2H3. The summed E-state index contributed by atoms with van der Waals surface area (Å²) in [7, 11) is 0. The molecule has 0 aliphatic carbocycles. The summed E-state index contributed by atoms with van der Waals surface area (Å²) in [6.45, 7) is 5.58. The molecular weight excluding hydrogens is 304 g/mol. The molecule has 2 aromatic rings. The average Bonchev–Trinajstić information content (AvgIpc) is 2.62. The number of para-hydroxylation sites is 4. The second-order valence-electron chi connectivity index (χ2n) is 5.46. The molecule has 24 heavy (non-hydrogen) atoms. The molecule has 4 nitrogen and oxygen atoms in total. The highest BCUT2D eigenvalue weighted by Gasteiger charge is 2.09. The molecule has 0 bridgehead atoms. The van der Waals surface area contributed by atoms with E-state index < -0.39 is 0 Å². The van der Waals surface area contributed by atoms with Gasteiger partial charge in [-0.1, -0.05) is 51.0 Å². The quantitative estimate of drug-likeness (QED) is 0.313. The number of hydrogen-bond donors (Lipinski definition) is 0.